The van der Waals surface area contributed by atoms with Crippen molar-refractivity contribution in [1.29, 1.82) is 0 Å². The molecule has 4 amide bonds. The molecule has 190 valence electrons. The lowest BCUT2D eigenvalue weighted by Gasteiger charge is -2.49. The highest BCUT2D eigenvalue weighted by Crippen LogP contribution is 2.64. The van der Waals surface area contributed by atoms with Crippen LogP contribution in [0.5, 0.6) is 5.75 Å². The van der Waals surface area contributed by atoms with Gasteiger partial charge in [-0.05, 0) is 62.9 Å². The Balaban J connectivity index is 1.55. The zero-order chi connectivity index (χ0) is 26.2. The molecule has 6 atom stereocenters. The topological polar surface area (TPSA) is 95.0 Å². The molecule has 6 rings (SSSR count). The number of allylic oxidation sites excluding steroid dienone is 2. The van der Waals surface area contributed by atoms with Gasteiger partial charge in [-0.15, -0.1) is 0 Å². The summed E-state index contributed by atoms with van der Waals surface area (Å²) in [5.74, 6) is -3.97. The van der Waals surface area contributed by atoms with Gasteiger partial charge in [0.25, 0.3) is 0 Å². The van der Waals surface area contributed by atoms with Crippen molar-refractivity contribution in [3.63, 3.8) is 0 Å². The van der Waals surface area contributed by atoms with Gasteiger partial charge in [0.1, 0.15) is 5.75 Å². The van der Waals surface area contributed by atoms with E-state index in [4.69, 9.17) is 11.6 Å². The van der Waals surface area contributed by atoms with Crippen LogP contribution in [0.3, 0.4) is 0 Å². The van der Waals surface area contributed by atoms with Crippen LogP contribution in [0, 0.1) is 29.1 Å². The van der Waals surface area contributed by atoms with Crippen molar-refractivity contribution in [3.05, 3.63) is 70.8 Å². The molecule has 2 aromatic rings. The van der Waals surface area contributed by atoms with Gasteiger partial charge in [-0.3, -0.25) is 24.1 Å². The number of aromatic hydroxyl groups is 1. The molecule has 0 aromatic heterocycles. The van der Waals surface area contributed by atoms with Crippen LogP contribution in [0.25, 0.3) is 0 Å². The lowest BCUT2D eigenvalue weighted by Crippen LogP contribution is -2.48. The van der Waals surface area contributed by atoms with E-state index in [-0.39, 0.29) is 35.8 Å². The number of nitrogens with zero attached hydrogens (tertiary/aromatic N) is 2. The summed E-state index contributed by atoms with van der Waals surface area (Å²) in [5, 5.41) is 11.4. The van der Waals surface area contributed by atoms with Crippen LogP contribution in [-0.4, -0.2) is 40.2 Å². The molecule has 3 fully saturated rings. The maximum atomic E-state index is 14.2. The standard InChI is InChI=1S/C29H27ClN2O5/c1-3-31-25(34)18-11-10-17-19(23(18)27(31)36)14-21-26(35)32(16-7-5-4-6-8-16)28(37)29(21,2)24(17)20-13-15(30)9-12-22(20)33/h4-10,12-13,18-19,21,23-24,33H,3,11,14H2,1-2H3/t18-,19+,21-,23-,24+,29+/m0/s1. The first-order chi connectivity index (χ1) is 17.7. The van der Waals surface area contributed by atoms with Crippen LogP contribution in [0.2, 0.25) is 5.02 Å². The summed E-state index contributed by atoms with van der Waals surface area (Å²) >= 11 is 6.36. The number of carbonyl (C=O) groups is 4. The van der Waals surface area contributed by atoms with Gasteiger partial charge in [-0.2, -0.15) is 0 Å². The first-order valence-electron chi connectivity index (χ1n) is 12.7. The van der Waals surface area contributed by atoms with Gasteiger partial charge in [0.05, 0.1) is 28.9 Å². The number of amides is 4. The molecule has 0 radical (unpaired) electrons. The van der Waals surface area contributed by atoms with Crippen LogP contribution >= 0.6 is 11.6 Å². The predicted molar refractivity (Wildman–Crippen MR) is 137 cm³/mol. The van der Waals surface area contributed by atoms with Gasteiger partial charge in [0.15, 0.2) is 0 Å². The predicted octanol–water partition coefficient (Wildman–Crippen LogP) is 4.30. The molecule has 1 saturated carbocycles. The van der Waals surface area contributed by atoms with Crippen LogP contribution in [-0.2, 0) is 19.2 Å². The highest BCUT2D eigenvalue weighted by molar-refractivity contribution is 6.30. The third kappa shape index (κ3) is 3.13. The first kappa shape index (κ1) is 23.9. The average molecular weight is 519 g/mol. The van der Waals surface area contributed by atoms with Crippen molar-refractivity contribution in [2.75, 3.05) is 11.4 Å². The third-order valence-corrected chi connectivity index (χ3v) is 9.23. The number of fused-ring (bicyclic) bond motifs is 4. The van der Waals surface area contributed by atoms with Gasteiger partial charge >= 0.3 is 0 Å². The first-order valence-corrected chi connectivity index (χ1v) is 13.0. The Morgan fingerprint density at radius 1 is 1.00 bits per heavy atom. The monoisotopic (exact) mass is 518 g/mol. The zero-order valence-electron chi connectivity index (χ0n) is 20.6. The Kier molecular flexibility index (Phi) is 5.35. The molecule has 7 nitrogen and oxygen atoms in total. The number of anilines is 1. The molecule has 0 unspecified atom stereocenters. The van der Waals surface area contributed by atoms with Crippen molar-refractivity contribution < 1.29 is 24.3 Å². The number of imide groups is 2. The fraction of sp³-hybridized carbons (Fsp3) is 0.379. The zero-order valence-corrected chi connectivity index (χ0v) is 21.3. The fourth-order valence-electron chi connectivity index (χ4n) is 7.32. The lowest BCUT2D eigenvalue weighted by atomic mass is 9.51. The number of hydrogen-bond acceptors (Lipinski definition) is 5. The SMILES string of the molecule is CCN1C(=O)[C@H]2[C@H](CC=C3[C@H]2C[C@H]2C(=O)N(c4ccccc4)C(=O)[C@@]2(C)[C@H]3c2cc(Cl)ccc2O)C1=O. The van der Waals surface area contributed by atoms with Crippen LogP contribution in [0.4, 0.5) is 5.69 Å². The molecule has 2 aliphatic heterocycles. The van der Waals surface area contributed by atoms with E-state index in [1.807, 2.05) is 12.1 Å². The van der Waals surface area contributed by atoms with Crippen molar-refractivity contribution in [2.45, 2.75) is 32.6 Å². The van der Waals surface area contributed by atoms with Crippen molar-refractivity contribution >= 4 is 40.9 Å². The molecule has 2 saturated heterocycles. The molecule has 37 heavy (non-hydrogen) atoms. The lowest BCUT2D eigenvalue weighted by molar-refractivity contribution is -0.140. The number of halogens is 1. The normalized spacial score (nSPS) is 32.8. The number of benzene rings is 2. The van der Waals surface area contributed by atoms with Crippen LogP contribution in [0.1, 0.15) is 38.2 Å². The van der Waals surface area contributed by atoms with Gasteiger partial charge in [0, 0.05) is 23.0 Å². The number of phenolic OH excluding ortho intramolecular Hbond substituents is 1. The summed E-state index contributed by atoms with van der Waals surface area (Å²) < 4.78 is 0. The number of carbonyl (C=O) groups excluding carboxylic acids is 4. The summed E-state index contributed by atoms with van der Waals surface area (Å²) in [5.41, 5.74) is 0.559. The van der Waals surface area contributed by atoms with E-state index < -0.39 is 35.0 Å². The number of hydrogen-bond donors (Lipinski definition) is 1. The molecule has 0 bridgehead atoms. The third-order valence-electron chi connectivity index (χ3n) is 9.00. The van der Waals surface area contributed by atoms with Gasteiger partial charge < -0.3 is 5.11 Å². The molecule has 0 spiro atoms. The largest absolute Gasteiger partial charge is 0.508 e. The fourth-order valence-corrected chi connectivity index (χ4v) is 7.50. The van der Waals surface area contributed by atoms with E-state index >= 15 is 0 Å². The Labute approximate surface area is 219 Å². The minimum absolute atomic E-state index is 0.0273. The van der Waals surface area contributed by atoms with Crippen molar-refractivity contribution in [2.24, 2.45) is 29.1 Å². The summed E-state index contributed by atoms with van der Waals surface area (Å²) in [7, 11) is 0. The van der Waals surface area contributed by atoms with Crippen LogP contribution in [0.15, 0.2) is 60.2 Å². The van der Waals surface area contributed by atoms with Crippen molar-refractivity contribution in [3.8, 4) is 5.75 Å². The van der Waals surface area contributed by atoms with Crippen molar-refractivity contribution in [1.82, 2.24) is 4.90 Å². The molecule has 1 N–H and O–H groups in total. The number of likely N-dealkylation sites (tertiary alicyclic amines) is 1. The number of phenols is 1. The smallest absolute Gasteiger partial charge is 0.241 e. The number of rotatable bonds is 3. The molecular weight excluding hydrogens is 492 g/mol. The molecule has 2 aliphatic carbocycles. The Hall–Kier alpha value is -3.45. The quantitative estimate of drug-likeness (QED) is 0.483. The summed E-state index contributed by atoms with van der Waals surface area (Å²) in [6.45, 7) is 3.86. The van der Waals surface area contributed by atoms with E-state index in [9.17, 15) is 24.3 Å². The minimum atomic E-state index is -1.21. The molecule has 4 aliphatic rings. The second kappa shape index (κ2) is 8.28. The Morgan fingerprint density at radius 3 is 2.43 bits per heavy atom. The maximum absolute atomic E-state index is 14.2. The van der Waals surface area contributed by atoms with Crippen LogP contribution < -0.4 is 4.90 Å². The van der Waals surface area contributed by atoms with Gasteiger partial charge in [-0.25, -0.2) is 4.90 Å². The summed E-state index contributed by atoms with van der Waals surface area (Å²) in [6.07, 6.45) is 2.62. The van der Waals surface area contributed by atoms with E-state index in [2.05, 4.69) is 0 Å². The highest BCUT2D eigenvalue weighted by Gasteiger charge is 2.67. The maximum Gasteiger partial charge on any atom is 0.241 e. The van der Waals surface area contributed by atoms with E-state index in [1.54, 1.807) is 50.2 Å². The second-order valence-corrected chi connectivity index (χ2v) is 11.1. The molecule has 8 heteroatoms. The second-order valence-electron chi connectivity index (χ2n) is 10.6. The van der Waals surface area contributed by atoms with E-state index in [0.717, 1.165) is 5.57 Å². The summed E-state index contributed by atoms with van der Waals surface area (Å²) in [4.78, 5) is 57.2. The number of para-hydroxylation sites is 1. The van der Waals surface area contributed by atoms with Gasteiger partial charge in [-0.1, -0.05) is 41.4 Å². The summed E-state index contributed by atoms with van der Waals surface area (Å²) in [6, 6.07) is 13.5. The Morgan fingerprint density at radius 2 is 1.73 bits per heavy atom. The molecular formula is C29H27ClN2O5. The van der Waals surface area contributed by atoms with Gasteiger partial charge in [0.2, 0.25) is 23.6 Å². The average Bonchev–Trinajstić information content (AvgIpc) is 3.25. The van der Waals surface area contributed by atoms with E-state index in [0.29, 0.717) is 29.2 Å². The molecule has 2 aromatic carbocycles. The van der Waals surface area contributed by atoms with E-state index in [1.165, 1.54) is 15.9 Å². The highest BCUT2D eigenvalue weighted by atomic mass is 35.5. The molecule has 2 heterocycles. The Bertz CT molecular complexity index is 1390. The minimum Gasteiger partial charge on any atom is -0.508 e.